The highest BCUT2D eigenvalue weighted by atomic mass is 19.1. The minimum Gasteiger partial charge on any atom is -0.505 e. The lowest BCUT2D eigenvalue weighted by atomic mass is 9.82. The van der Waals surface area contributed by atoms with Gasteiger partial charge >= 0.3 is 0 Å². The molecule has 4 N–H and O–H groups in total. The van der Waals surface area contributed by atoms with E-state index in [0.29, 0.717) is 33.9 Å². The molecule has 28 heavy (non-hydrogen) atoms. The summed E-state index contributed by atoms with van der Waals surface area (Å²) in [5.41, 5.74) is 10.4. The van der Waals surface area contributed by atoms with Crippen molar-refractivity contribution in [2.24, 2.45) is 0 Å². The predicted octanol–water partition coefficient (Wildman–Crippen LogP) is 3.92. The average Bonchev–Trinajstić information content (AvgIpc) is 3.14. The van der Waals surface area contributed by atoms with Gasteiger partial charge in [0.05, 0.1) is 5.39 Å². The number of hydrogen-bond donors (Lipinski definition) is 3. The van der Waals surface area contributed by atoms with E-state index in [-0.39, 0.29) is 5.92 Å². The monoisotopic (exact) mass is 375 g/mol. The highest BCUT2D eigenvalue weighted by Gasteiger charge is 2.26. The molecule has 1 unspecified atom stereocenters. The van der Waals surface area contributed by atoms with E-state index in [0.717, 1.165) is 19.3 Å². The second-order valence-corrected chi connectivity index (χ2v) is 7.07. The van der Waals surface area contributed by atoms with Gasteiger partial charge in [0.2, 0.25) is 0 Å². The topological polar surface area (TPSA) is 101 Å². The number of nitrogens with zero attached hydrogens (tertiary/aromatic N) is 3. The first-order chi connectivity index (χ1) is 13.6. The summed E-state index contributed by atoms with van der Waals surface area (Å²) in [4.78, 5) is 9.29. The van der Waals surface area contributed by atoms with Crippen molar-refractivity contribution < 1.29 is 9.50 Å². The van der Waals surface area contributed by atoms with Crippen LogP contribution in [0, 0.1) is 5.82 Å². The van der Waals surface area contributed by atoms with Crippen molar-refractivity contribution in [1.29, 1.82) is 0 Å². The number of nitrogens with two attached hydrogens (primary N) is 1. The van der Waals surface area contributed by atoms with E-state index in [1.54, 1.807) is 0 Å². The molecule has 0 saturated carbocycles. The van der Waals surface area contributed by atoms with Gasteiger partial charge in [-0.1, -0.05) is 24.3 Å². The van der Waals surface area contributed by atoms with Crippen molar-refractivity contribution in [1.82, 2.24) is 20.2 Å². The molecule has 1 atom stereocenters. The molecule has 1 aliphatic carbocycles. The molecule has 0 amide bonds. The Morgan fingerprint density at radius 3 is 2.86 bits per heavy atom. The molecule has 5 rings (SSSR count). The van der Waals surface area contributed by atoms with E-state index in [9.17, 15) is 9.50 Å². The number of phenols is 1. The third-order valence-corrected chi connectivity index (χ3v) is 5.37. The smallest absolute Gasteiger partial charge is 0.164 e. The van der Waals surface area contributed by atoms with Crippen LogP contribution < -0.4 is 5.73 Å². The molecule has 0 aliphatic heterocycles. The summed E-state index contributed by atoms with van der Waals surface area (Å²) in [7, 11) is 0. The van der Waals surface area contributed by atoms with Gasteiger partial charge in [0.15, 0.2) is 17.2 Å². The van der Waals surface area contributed by atoms with Crippen molar-refractivity contribution in [3.05, 3.63) is 65.2 Å². The number of phenolic OH excluding ortho intramolecular Hbond substituents is 1. The Kier molecular flexibility index (Phi) is 3.75. The third kappa shape index (κ3) is 2.58. The summed E-state index contributed by atoms with van der Waals surface area (Å²) >= 11 is 0. The first kappa shape index (κ1) is 16.7. The molecule has 1 aliphatic rings. The van der Waals surface area contributed by atoms with Gasteiger partial charge < -0.3 is 10.8 Å². The fourth-order valence-corrected chi connectivity index (χ4v) is 4.02. The molecule has 7 heteroatoms. The van der Waals surface area contributed by atoms with Crippen molar-refractivity contribution in [2.75, 3.05) is 5.73 Å². The van der Waals surface area contributed by atoms with Crippen molar-refractivity contribution in [2.45, 2.75) is 25.2 Å². The van der Waals surface area contributed by atoms with E-state index in [2.05, 4.69) is 33.4 Å². The maximum Gasteiger partial charge on any atom is 0.164 e. The number of aromatic nitrogens is 4. The zero-order valence-corrected chi connectivity index (χ0v) is 15.0. The van der Waals surface area contributed by atoms with Crippen LogP contribution >= 0.6 is 0 Å². The Bertz CT molecular complexity index is 1200. The first-order valence-electron chi connectivity index (χ1n) is 9.20. The van der Waals surface area contributed by atoms with Crippen LogP contribution in [0.15, 0.2) is 42.5 Å². The lowest BCUT2D eigenvalue weighted by molar-refractivity contribution is 0.432. The summed E-state index contributed by atoms with van der Waals surface area (Å²) in [6.07, 6.45) is 3.10. The van der Waals surface area contributed by atoms with Gasteiger partial charge in [0, 0.05) is 11.5 Å². The zero-order valence-electron chi connectivity index (χ0n) is 15.0. The molecule has 0 bridgehead atoms. The third-order valence-electron chi connectivity index (χ3n) is 5.37. The van der Waals surface area contributed by atoms with Gasteiger partial charge in [-0.2, -0.15) is 5.10 Å². The van der Waals surface area contributed by atoms with Crippen molar-refractivity contribution >= 4 is 16.9 Å². The number of hydrogen-bond acceptors (Lipinski definition) is 5. The lowest BCUT2D eigenvalue weighted by Crippen LogP contribution is -2.14. The van der Waals surface area contributed by atoms with Crippen LogP contribution in [0.25, 0.3) is 22.3 Å². The number of H-pyrrole nitrogens is 1. The molecule has 2 aromatic carbocycles. The van der Waals surface area contributed by atoms with Crippen molar-refractivity contribution in [3.8, 4) is 17.0 Å². The van der Waals surface area contributed by atoms with Crippen LogP contribution in [0.2, 0.25) is 0 Å². The lowest BCUT2D eigenvalue weighted by Gasteiger charge is -2.24. The number of benzene rings is 2. The quantitative estimate of drug-likeness (QED) is 0.493. The Balaban J connectivity index is 1.63. The first-order valence-corrected chi connectivity index (χ1v) is 9.20. The SMILES string of the molecule is Nc1nc(C2CCCc3ccccc32)nc2[nH]nc(-c3ccc(F)c(O)c3)c12. The van der Waals surface area contributed by atoms with Crippen LogP contribution in [0.1, 0.15) is 35.7 Å². The highest BCUT2D eigenvalue weighted by Crippen LogP contribution is 2.37. The fourth-order valence-electron chi connectivity index (χ4n) is 4.02. The summed E-state index contributed by atoms with van der Waals surface area (Å²) in [5.74, 6) is -0.0437. The van der Waals surface area contributed by atoms with Crippen LogP contribution in [0.5, 0.6) is 5.75 Å². The molecule has 0 spiro atoms. The molecule has 4 aromatic rings. The average molecular weight is 375 g/mol. The summed E-state index contributed by atoms with van der Waals surface area (Å²) < 4.78 is 13.4. The van der Waals surface area contributed by atoms with Gasteiger partial charge in [0.1, 0.15) is 17.3 Å². The number of anilines is 1. The maximum atomic E-state index is 13.4. The van der Waals surface area contributed by atoms with E-state index < -0.39 is 11.6 Å². The summed E-state index contributed by atoms with van der Waals surface area (Å²) in [6.45, 7) is 0. The number of nitrogens with one attached hydrogen (secondary N) is 1. The Morgan fingerprint density at radius 2 is 2.00 bits per heavy atom. The Morgan fingerprint density at radius 1 is 1.14 bits per heavy atom. The number of nitrogen functional groups attached to an aromatic ring is 1. The zero-order chi connectivity index (χ0) is 19.3. The van der Waals surface area contributed by atoms with E-state index in [1.807, 2.05) is 6.07 Å². The second kappa shape index (κ2) is 6.30. The molecule has 0 fully saturated rings. The number of rotatable bonds is 2. The second-order valence-electron chi connectivity index (χ2n) is 7.07. The Labute approximate surface area is 160 Å². The van der Waals surface area contributed by atoms with Crippen LogP contribution in [-0.2, 0) is 6.42 Å². The van der Waals surface area contributed by atoms with E-state index >= 15 is 0 Å². The predicted molar refractivity (Wildman–Crippen MR) is 104 cm³/mol. The Hall–Kier alpha value is -3.48. The van der Waals surface area contributed by atoms with Crippen LogP contribution in [0.3, 0.4) is 0 Å². The molecule has 6 nitrogen and oxygen atoms in total. The molecule has 2 aromatic heterocycles. The standard InChI is InChI=1S/C21H18FN5O/c22-15-9-8-12(10-16(15)28)18-17-19(23)24-20(25-21(17)27-26-18)14-7-3-5-11-4-1-2-6-13(11)14/h1-2,4,6,8-10,14,28H,3,5,7H2,(H3,23,24,25,26,27). The normalized spacial score (nSPS) is 16.2. The number of aromatic amines is 1. The number of aryl methyl sites for hydroxylation is 1. The highest BCUT2D eigenvalue weighted by molar-refractivity contribution is 5.98. The van der Waals surface area contributed by atoms with Gasteiger partial charge in [0.25, 0.3) is 0 Å². The van der Waals surface area contributed by atoms with Gasteiger partial charge in [-0.3, -0.25) is 5.10 Å². The summed E-state index contributed by atoms with van der Waals surface area (Å²) in [6, 6.07) is 12.4. The fraction of sp³-hybridized carbons (Fsp3) is 0.190. The molecular weight excluding hydrogens is 357 g/mol. The van der Waals surface area contributed by atoms with E-state index in [4.69, 9.17) is 10.7 Å². The van der Waals surface area contributed by atoms with Crippen LogP contribution in [-0.4, -0.2) is 25.3 Å². The van der Waals surface area contributed by atoms with Gasteiger partial charge in [-0.25, -0.2) is 14.4 Å². The molecule has 140 valence electrons. The van der Waals surface area contributed by atoms with Crippen LogP contribution in [0.4, 0.5) is 10.2 Å². The van der Waals surface area contributed by atoms with Gasteiger partial charge in [-0.15, -0.1) is 0 Å². The molecular formula is C21H18FN5O. The minimum atomic E-state index is -0.689. The molecule has 0 saturated heterocycles. The number of fused-ring (bicyclic) bond motifs is 2. The van der Waals surface area contributed by atoms with Crippen molar-refractivity contribution in [3.63, 3.8) is 0 Å². The maximum absolute atomic E-state index is 13.4. The van der Waals surface area contributed by atoms with Gasteiger partial charge in [-0.05, 0) is 48.6 Å². The summed E-state index contributed by atoms with van der Waals surface area (Å²) in [5, 5.41) is 17.4. The largest absolute Gasteiger partial charge is 0.505 e. The molecule has 0 radical (unpaired) electrons. The number of halogens is 1. The van der Waals surface area contributed by atoms with E-state index in [1.165, 1.54) is 29.3 Å². The number of aromatic hydroxyl groups is 1. The minimum absolute atomic E-state index is 0.0956. The molecule has 2 heterocycles.